The summed E-state index contributed by atoms with van der Waals surface area (Å²) in [4.78, 5) is 15.8. The Morgan fingerprint density at radius 2 is 2.00 bits per heavy atom. The zero-order chi connectivity index (χ0) is 15.0. The lowest BCUT2D eigenvalue weighted by Gasteiger charge is -2.04. The maximum absolute atomic E-state index is 12.7. The van der Waals surface area contributed by atoms with Crippen LogP contribution in [0.4, 0.5) is 0 Å². The molecule has 0 saturated carbocycles. The highest BCUT2D eigenvalue weighted by molar-refractivity contribution is 14.1. The third kappa shape index (κ3) is 2.61. The Morgan fingerprint density at radius 3 is 2.76 bits per heavy atom. The Labute approximate surface area is 143 Å². The van der Waals surface area contributed by atoms with E-state index in [0.29, 0.717) is 16.7 Å². The zero-order valence-electron chi connectivity index (χ0n) is 10.7. The normalized spacial score (nSPS) is 10.5. The van der Waals surface area contributed by atoms with Gasteiger partial charge in [-0.2, -0.15) is 5.26 Å². The Morgan fingerprint density at radius 1 is 1.19 bits per heavy atom. The molecule has 0 aliphatic rings. The van der Waals surface area contributed by atoms with Crippen molar-refractivity contribution >= 4 is 55.2 Å². The van der Waals surface area contributed by atoms with Crippen LogP contribution in [-0.2, 0) is 0 Å². The number of aromatic amines is 1. The molecule has 3 aromatic rings. The minimum atomic E-state index is -0.0450. The van der Waals surface area contributed by atoms with E-state index in [2.05, 4.69) is 49.6 Å². The highest BCUT2D eigenvalue weighted by Gasteiger charge is 2.17. The average molecular weight is 451 g/mol. The molecule has 1 heterocycles. The van der Waals surface area contributed by atoms with Gasteiger partial charge in [-0.1, -0.05) is 22.0 Å². The van der Waals surface area contributed by atoms with Gasteiger partial charge in [0.2, 0.25) is 0 Å². The Bertz CT molecular complexity index is 908. The molecule has 2 aromatic carbocycles. The number of halogens is 2. The largest absolute Gasteiger partial charge is 0.360 e. The summed E-state index contributed by atoms with van der Waals surface area (Å²) in [6.07, 6.45) is 1.69. The van der Waals surface area contributed by atoms with Gasteiger partial charge >= 0.3 is 0 Å². The lowest BCUT2D eigenvalue weighted by atomic mass is 10.0. The van der Waals surface area contributed by atoms with Crippen molar-refractivity contribution in [2.45, 2.75) is 0 Å². The van der Waals surface area contributed by atoms with E-state index in [-0.39, 0.29) is 5.78 Å². The molecule has 0 fully saturated rings. The van der Waals surface area contributed by atoms with Crippen molar-refractivity contribution < 1.29 is 4.79 Å². The van der Waals surface area contributed by atoms with E-state index in [0.717, 1.165) is 18.9 Å². The third-order valence-electron chi connectivity index (χ3n) is 3.23. The van der Waals surface area contributed by atoms with Crippen LogP contribution in [-0.4, -0.2) is 10.8 Å². The second-order valence-corrected chi connectivity index (χ2v) is 6.63. The molecule has 0 unspecified atom stereocenters. The molecule has 0 atom stereocenters. The number of hydrogen-bond donors (Lipinski definition) is 1. The molecule has 0 aliphatic carbocycles. The quantitative estimate of drug-likeness (QED) is 0.456. The monoisotopic (exact) mass is 450 g/mol. The van der Waals surface area contributed by atoms with Gasteiger partial charge in [0.15, 0.2) is 5.78 Å². The molecule has 0 bridgehead atoms. The minimum Gasteiger partial charge on any atom is -0.360 e. The number of benzene rings is 2. The number of rotatable bonds is 2. The van der Waals surface area contributed by atoms with Crippen LogP contribution in [0.3, 0.4) is 0 Å². The van der Waals surface area contributed by atoms with Crippen molar-refractivity contribution in [2.24, 2.45) is 0 Å². The van der Waals surface area contributed by atoms with Crippen molar-refractivity contribution in [1.29, 1.82) is 5.26 Å². The molecule has 21 heavy (non-hydrogen) atoms. The van der Waals surface area contributed by atoms with Crippen LogP contribution in [0, 0.1) is 14.9 Å². The van der Waals surface area contributed by atoms with Crippen LogP contribution in [0.1, 0.15) is 21.5 Å². The molecular weight excluding hydrogens is 443 g/mol. The van der Waals surface area contributed by atoms with Crippen LogP contribution in [0.5, 0.6) is 0 Å². The summed E-state index contributed by atoms with van der Waals surface area (Å²) < 4.78 is 1.78. The number of nitrogens with one attached hydrogen (secondary N) is 1. The van der Waals surface area contributed by atoms with Crippen molar-refractivity contribution in [1.82, 2.24) is 4.98 Å². The average Bonchev–Trinajstić information content (AvgIpc) is 2.91. The van der Waals surface area contributed by atoms with Gasteiger partial charge in [0.25, 0.3) is 0 Å². The first-order valence-electron chi connectivity index (χ1n) is 6.11. The number of H-pyrrole nitrogens is 1. The molecular formula is C16H8BrIN2O. The molecule has 0 radical (unpaired) electrons. The topological polar surface area (TPSA) is 56.6 Å². The molecule has 1 N–H and O–H groups in total. The number of carbonyl (C=O) groups is 1. The number of fused-ring (bicyclic) bond motifs is 1. The predicted octanol–water partition coefficient (Wildman–Crippen LogP) is 4.64. The number of nitrogens with zero attached hydrogens (tertiary/aromatic N) is 1. The highest BCUT2D eigenvalue weighted by atomic mass is 127. The van der Waals surface area contributed by atoms with E-state index < -0.39 is 0 Å². The van der Waals surface area contributed by atoms with Gasteiger partial charge in [0.05, 0.1) is 11.6 Å². The molecule has 3 rings (SSSR count). The summed E-state index contributed by atoms with van der Waals surface area (Å²) in [5.74, 6) is -0.0450. The third-order valence-corrected chi connectivity index (χ3v) is 4.59. The van der Waals surface area contributed by atoms with Crippen LogP contribution in [0.2, 0.25) is 0 Å². The van der Waals surface area contributed by atoms with Crippen LogP contribution in [0.25, 0.3) is 10.9 Å². The molecule has 102 valence electrons. The summed E-state index contributed by atoms with van der Waals surface area (Å²) >= 11 is 5.61. The number of ketones is 1. The van der Waals surface area contributed by atoms with E-state index in [1.807, 2.05) is 18.2 Å². The number of hydrogen-bond acceptors (Lipinski definition) is 2. The minimum absolute atomic E-state index is 0.0450. The molecule has 3 nitrogen and oxygen atoms in total. The summed E-state index contributed by atoms with van der Waals surface area (Å²) in [6.45, 7) is 0. The highest BCUT2D eigenvalue weighted by Crippen LogP contribution is 2.26. The number of carbonyl (C=O) groups excluding carboxylic acids is 1. The van der Waals surface area contributed by atoms with Gasteiger partial charge in [-0.15, -0.1) is 0 Å². The maximum Gasteiger partial charge on any atom is 0.196 e. The van der Waals surface area contributed by atoms with Crippen molar-refractivity contribution in [3.05, 3.63) is 67.3 Å². The smallest absolute Gasteiger partial charge is 0.196 e. The number of aromatic nitrogens is 1. The first kappa shape index (κ1) is 14.3. The van der Waals surface area contributed by atoms with Gasteiger partial charge < -0.3 is 4.98 Å². The van der Waals surface area contributed by atoms with Crippen LogP contribution < -0.4 is 0 Å². The van der Waals surface area contributed by atoms with Crippen LogP contribution >= 0.6 is 38.5 Å². The van der Waals surface area contributed by atoms with Gasteiger partial charge in [-0.3, -0.25) is 4.79 Å². The second-order valence-electron chi connectivity index (χ2n) is 4.53. The fraction of sp³-hybridized carbons (Fsp3) is 0. The molecule has 0 spiro atoms. The summed E-state index contributed by atoms with van der Waals surface area (Å²) in [5, 5.41) is 9.74. The van der Waals surface area contributed by atoms with Gasteiger partial charge in [-0.05, 0) is 52.9 Å². The van der Waals surface area contributed by atoms with Gasteiger partial charge in [0, 0.05) is 36.3 Å². The SMILES string of the molecule is N#Cc1ccc2c(C(=O)c3cc(I)ccc3Br)c[nH]c2c1. The standard InChI is InChI=1S/C16H8BrIN2O/c17-14-4-2-10(18)6-12(14)16(21)13-8-20-15-5-9(7-19)1-3-11(13)15/h1-6,8,20H. The molecule has 1 aromatic heterocycles. The van der Waals surface area contributed by atoms with E-state index in [1.54, 1.807) is 24.4 Å². The zero-order valence-corrected chi connectivity index (χ0v) is 14.4. The Balaban J connectivity index is 2.14. The fourth-order valence-electron chi connectivity index (χ4n) is 2.20. The molecule has 0 amide bonds. The van der Waals surface area contributed by atoms with E-state index in [4.69, 9.17) is 5.26 Å². The van der Waals surface area contributed by atoms with Gasteiger partial charge in [-0.25, -0.2) is 0 Å². The van der Waals surface area contributed by atoms with E-state index >= 15 is 0 Å². The summed E-state index contributed by atoms with van der Waals surface area (Å²) in [6, 6.07) is 13.0. The molecule has 0 aliphatic heterocycles. The maximum atomic E-state index is 12.7. The summed E-state index contributed by atoms with van der Waals surface area (Å²) in [7, 11) is 0. The predicted molar refractivity (Wildman–Crippen MR) is 93.3 cm³/mol. The fourth-order valence-corrected chi connectivity index (χ4v) is 3.12. The van der Waals surface area contributed by atoms with Crippen LogP contribution in [0.15, 0.2) is 47.1 Å². The number of nitriles is 1. The Kier molecular flexibility index (Phi) is 3.83. The van der Waals surface area contributed by atoms with Crippen molar-refractivity contribution in [3.8, 4) is 6.07 Å². The second kappa shape index (κ2) is 5.62. The van der Waals surface area contributed by atoms with Crippen molar-refractivity contribution in [2.75, 3.05) is 0 Å². The van der Waals surface area contributed by atoms with Crippen molar-refractivity contribution in [3.63, 3.8) is 0 Å². The lowest BCUT2D eigenvalue weighted by Crippen LogP contribution is -2.02. The van der Waals surface area contributed by atoms with E-state index in [9.17, 15) is 4.79 Å². The Hall–Kier alpha value is -1.65. The molecule has 5 heteroatoms. The first-order valence-corrected chi connectivity index (χ1v) is 7.98. The molecule has 0 saturated heterocycles. The first-order chi connectivity index (χ1) is 10.1. The van der Waals surface area contributed by atoms with E-state index in [1.165, 1.54) is 0 Å². The summed E-state index contributed by atoms with van der Waals surface area (Å²) in [5.41, 5.74) is 2.60. The van der Waals surface area contributed by atoms with Gasteiger partial charge in [0.1, 0.15) is 0 Å². The lowest BCUT2D eigenvalue weighted by molar-refractivity contribution is 0.103.